The molecule has 14 heteroatoms. The van der Waals surface area contributed by atoms with Crippen LogP contribution in [0, 0.1) is 0 Å². The maximum absolute atomic E-state index is 14.3. The highest BCUT2D eigenvalue weighted by Gasteiger charge is 2.37. The topological polar surface area (TPSA) is 135 Å². The van der Waals surface area contributed by atoms with Crippen LogP contribution in [0.25, 0.3) is 16.7 Å². The van der Waals surface area contributed by atoms with Crippen molar-refractivity contribution in [1.82, 2.24) is 29.1 Å². The predicted molar refractivity (Wildman–Crippen MR) is 176 cm³/mol. The Hall–Kier alpha value is -5.21. The SMILES string of the molecule is CN(C)c1cccc2c(S(=O)(=O)N3CCN(c4ccnc(-n5ccnc5)n4)C(CC(=O)NCc4ccc5c(c4)OCO5)C3)cccc12. The van der Waals surface area contributed by atoms with E-state index in [2.05, 4.69) is 15.3 Å². The lowest BCUT2D eigenvalue weighted by molar-refractivity contribution is -0.121. The summed E-state index contributed by atoms with van der Waals surface area (Å²) in [4.78, 5) is 30.8. The molecule has 0 saturated carbocycles. The zero-order valence-electron chi connectivity index (χ0n) is 26.0. The van der Waals surface area contributed by atoms with E-state index in [0.717, 1.165) is 16.6 Å². The van der Waals surface area contributed by atoms with Gasteiger partial charge in [-0.15, -0.1) is 0 Å². The van der Waals surface area contributed by atoms with E-state index in [1.165, 1.54) is 4.31 Å². The third-order valence-corrected chi connectivity index (χ3v) is 10.3. The highest BCUT2D eigenvalue weighted by Crippen LogP contribution is 2.34. The molecule has 0 aliphatic carbocycles. The number of hydrogen-bond donors (Lipinski definition) is 1. The number of benzene rings is 3. The number of aromatic nitrogens is 4. The van der Waals surface area contributed by atoms with Crippen LogP contribution in [0.4, 0.5) is 11.5 Å². The molecule has 0 bridgehead atoms. The van der Waals surface area contributed by atoms with Crippen molar-refractivity contribution in [3.63, 3.8) is 0 Å². The second-order valence-corrected chi connectivity index (χ2v) is 13.5. The van der Waals surface area contributed by atoms with E-state index in [1.807, 2.05) is 66.4 Å². The van der Waals surface area contributed by atoms with Crippen LogP contribution >= 0.6 is 0 Å². The molecule has 3 aromatic carbocycles. The minimum Gasteiger partial charge on any atom is -0.454 e. The second-order valence-electron chi connectivity index (χ2n) is 11.6. The van der Waals surface area contributed by atoms with Gasteiger partial charge < -0.3 is 24.6 Å². The summed E-state index contributed by atoms with van der Waals surface area (Å²) >= 11 is 0. The lowest BCUT2D eigenvalue weighted by Crippen LogP contribution is -2.56. The molecule has 1 atom stereocenters. The third-order valence-electron chi connectivity index (χ3n) is 8.41. The number of rotatable bonds is 9. The number of fused-ring (bicyclic) bond motifs is 2. The molecule has 2 aromatic heterocycles. The Bertz CT molecular complexity index is 2040. The molecule has 2 aliphatic rings. The van der Waals surface area contributed by atoms with Gasteiger partial charge in [0.15, 0.2) is 11.5 Å². The molecule has 242 valence electrons. The molecule has 5 aromatic rings. The first-order chi connectivity index (χ1) is 22.8. The summed E-state index contributed by atoms with van der Waals surface area (Å²) in [7, 11) is -0.0581. The molecule has 47 heavy (non-hydrogen) atoms. The summed E-state index contributed by atoms with van der Waals surface area (Å²) in [6, 6.07) is 17.8. The zero-order chi connectivity index (χ0) is 32.5. The smallest absolute Gasteiger partial charge is 0.243 e. The van der Waals surface area contributed by atoms with Gasteiger partial charge in [0, 0.05) is 81.7 Å². The molecule has 4 heterocycles. The van der Waals surface area contributed by atoms with Crippen LogP contribution in [0.5, 0.6) is 11.5 Å². The number of carbonyl (C=O) groups is 1. The van der Waals surface area contributed by atoms with Gasteiger partial charge in [0.2, 0.25) is 28.7 Å². The predicted octanol–water partition coefficient (Wildman–Crippen LogP) is 3.20. The maximum Gasteiger partial charge on any atom is 0.243 e. The van der Waals surface area contributed by atoms with Crippen LogP contribution in [-0.4, -0.2) is 84.7 Å². The van der Waals surface area contributed by atoms with Gasteiger partial charge in [0.05, 0.1) is 10.9 Å². The van der Waals surface area contributed by atoms with Crippen molar-refractivity contribution in [3.05, 3.63) is 91.1 Å². The highest BCUT2D eigenvalue weighted by molar-refractivity contribution is 7.89. The number of ether oxygens (including phenoxy) is 2. The van der Waals surface area contributed by atoms with Gasteiger partial charge >= 0.3 is 0 Å². The van der Waals surface area contributed by atoms with Crippen molar-refractivity contribution in [3.8, 4) is 17.4 Å². The van der Waals surface area contributed by atoms with Crippen molar-refractivity contribution < 1.29 is 22.7 Å². The van der Waals surface area contributed by atoms with Crippen LogP contribution in [0.2, 0.25) is 0 Å². The maximum atomic E-state index is 14.3. The van der Waals surface area contributed by atoms with Crippen molar-refractivity contribution in [1.29, 1.82) is 0 Å². The van der Waals surface area contributed by atoms with Crippen LogP contribution in [-0.2, 0) is 21.4 Å². The molecular formula is C33H34N8O5S. The monoisotopic (exact) mass is 654 g/mol. The summed E-state index contributed by atoms with van der Waals surface area (Å²) in [5.74, 6) is 2.10. The Balaban J connectivity index is 1.17. The largest absolute Gasteiger partial charge is 0.454 e. The van der Waals surface area contributed by atoms with Gasteiger partial charge in [-0.1, -0.05) is 30.3 Å². The molecule has 7 rings (SSSR count). The average Bonchev–Trinajstić information content (AvgIpc) is 3.80. The Kier molecular flexibility index (Phi) is 8.12. The number of amides is 1. The van der Waals surface area contributed by atoms with E-state index in [4.69, 9.17) is 14.5 Å². The van der Waals surface area contributed by atoms with Crippen molar-refractivity contribution in [2.75, 3.05) is 50.3 Å². The second kappa shape index (κ2) is 12.5. The minimum atomic E-state index is -3.92. The Morgan fingerprint density at radius 1 is 1.00 bits per heavy atom. The first-order valence-corrected chi connectivity index (χ1v) is 16.6. The number of anilines is 2. The molecule has 1 saturated heterocycles. The molecular weight excluding hydrogens is 620 g/mol. The molecule has 1 amide bonds. The van der Waals surface area contributed by atoms with E-state index in [-0.39, 0.29) is 43.7 Å². The lowest BCUT2D eigenvalue weighted by Gasteiger charge is -2.41. The zero-order valence-corrected chi connectivity index (χ0v) is 26.8. The number of sulfonamides is 1. The number of nitrogens with one attached hydrogen (secondary N) is 1. The van der Waals surface area contributed by atoms with E-state index in [9.17, 15) is 13.2 Å². The Labute approximate surface area is 272 Å². The summed E-state index contributed by atoms with van der Waals surface area (Å²) in [6.07, 6.45) is 6.69. The molecule has 1 unspecified atom stereocenters. The quantitative estimate of drug-likeness (QED) is 0.253. The fourth-order valence-corrected chi connectivity index (χ4v) is 7.75. The van der Waals surface area contributed by atoms with Crippen molar-refractivity contribution >= 4 is 38.2 Å². The van der Waals surface area contributed by atoms with Crippen molar-refractivity contribution in [2.24, 2.45) is 0 Å². The van der Waals surface area contributed by atoms with Gasteiger partial charge in [-0.25, -0.2) is 18.4 Å². The third kappa shape index (κ3) is 6.04. The summed E-state index contributed by atoms with van der Waals surface area (Å²) in [5.41, 5.74) is 1.79. The molecule has 0 spiro atoms. The minimum absolute atomic E-state index is 0.0430. The first kappa shape index (κ1) is 30.4. The Morgan fingerprint density at radius 2 is 1.83 bits per heavy atom. The molecule has 0 radical (unpaired) electrons. The van der Waals surface area contributed by atoms with Crippen LogP contribution in [0.1, 0.15) is 12.0 Å². The van der Waals surface area contributed by atoms with Crippen LogP contribution < -0.4 is 24.6 Å². The van der Waals surface area contributed by atoms with Gasteiger partial charge in [0.1, 0.15) is 12.1 Å². The number of piperazine rings is 1. The van der Waals surface area contributed by atoms with Gasteiger partial charge in [0.25, 0.3) is 0 Å². The van der Waals surface area contributed by atoms with E-state index in [1.54, 1.807) is 47.7 Å². The summed E-state index contributed by atoms with van der Waals surface area (Å²) in [6.45, 7) is 1.09. The average molecular weight is 655 g/mol. The fourth-order valence-electron chi connectivity index (χ4n) is 6.08. The first-order valence-electron chi connectivity index (χ1n) is 15.2. The summed E-state index contributed by atoms with van der Waals surface area (Å²) in [5, 5.41) is 4.49. The van der Waals surface area contributed by atoms with E-state index >= 15 is 0 Å². The molecule has 1 N–H and O–H groups in total. The van der Waals surface area contributed by atoms with Crippen LogP contribution in [0.3, 0.4) is 0 Å². The van der Waals surface area contributed by atoms with Crippen LogP contribution in [0.15, 0.2) is 90.5 Å². The van der Waals surface area contributed by atoms with Gasteiger partial charge in [-0.2, -0.15) is 9.29 Å². The Morgan fingerprint density at radius 3 is 2.66 bits per heavy atom. The van der Waals surface area contributed by atoms with E-state index < -0.39 is 16.1 Å². The summed E-state index contributed by atoms with van der Waals surface area (Å²) < 4.78 is 42.6. The molecule has 1 fully saturated rings. The highest BCUT2D eigenvalue weighted by atomic mass is 32.2. The normalized spacial score (nSPS) is 16.4. The number of nitrogens with zero attached hydrogens (tertiary/aromatic N) is 7. The van der Waals surface area contributed by atoms with E-state index in [0.29, 0.717) is 35.2 Å². The number of hydrogen-bond acceptors (Lipinski definition) is 10. The molecule has 13 nitrogen and oxygen atoms in total. The fraction of sp³-hybridized carbons (Fsp3) is 0.273. The van der Waals surface area contributed by atoms with Gasteiger partial charge in [-0.05, 0) is 35.9 Å². The standard InChI is InChI=1S/C33H34N8O5S/c1-38(2)27-7-3-6-26-25(27)5-4-8-30(26)47(43,44)40-15-16-41(31-11-12-35-33(37-31)39-14-13-34-21-39)24(20-40)18-32(42)36-19-23-9-10-28-29(17-23)46-22-45-28/h3-14,17,21,24H,15-16,18-20,22H2,1-2H3,(H,36,42). The lowest BCUT2D eigenvalue weighted by atomic mass is 10.1. The number of carbonyl (C=O) groups excluding carboxylic acids is 1. The number of imidazole rings is 1. The van der Waals surface area contributed by atoms with Gasteiger partial charge in [-0.3, -0.25) is 9.36 Å². The van der Waals surface area contributed by atoms with Crippen molar-refractivity contribution in [2.45, 2.75) is 23.9 Å². The molecule has 2 aliphatic heterocycles.